The van der Waals surface area contributed by atoms with E-state index in [1.165, 1.54) is 12.1 Å². The van der Waals surface area contributed by atoms with Crippen molar-refractivity contribution < 1.29 is 63.0 Å². The number of amides is 11. The number of aliphatic hydroxyl groups is 1. The van der Waals surface area contributed by atoms with Gasteiger partial charge in [-0.1, -0.05) is 67.8 Å². The summed E-state index contributed by atoms with van der Waals surface area (Å²) in [5.41, 5.74) is 16.6. The SMILES string of the molecule is CC[C@H](C)[C@@H]1NC(=O)[C@H](Cc2ccc(O)cc2)NC(=O)CCSSC[C@@H](C(=O)N2C[C@@H](O)C[C@H]2C(=O)N[C@@H](CC(C)C)C(=O)NCC(N)=O)NC(=O)[C@H](CC(N)=O)NC(=O)[C@H](CCC(N)=O)NC1=O. The highest BCUT2D eigenvalue weighted by Crippen LogP contribution is 2.26. The van der Waals surface area contributed by atoms with Gasteiger partial charge in [0.15, 0.2) is 0 Å². The Labute approximate surface area is 407 Å². The maximum Gasteiger partial charge on any atom is 0.246 e. The van der Waals surface area contributed by atoms with Crippen molar-refractivity contribution in [2.45, 2.75) is 127 Å². The van der Waals surface area contributed by atoms with E-state index in [-0.39, 0.29) is 55.4 Å². The van der Waals surface area contributed by atoms with Gasteiger partial charge in [0.25, 0.3) is 0 Å². The number of aromatic hydroxyl groups is 1. The number of carbonyl (C=O) groups is 11. The third-order valence-electron chi connectivity index (χ3n) is 11.2. The Morgan fingerprint density at radius 1 is 0.812 bits per heavy atom. The number of likely N-dealkylation sites (tertiary alicyclic amines) is 1. The number of β-amino-alcohol motifs (C(OH)–C–C–N with tert-alkyl or cyclic N) is 1. The van der Waals surface area contributed by atoms with E-state index in [0.29, 0.717) is 12.0 Å². The van der Waals surface area contributed by atoms with Crippen LogP contribution in [0.5, 0.6) is 5.75 Å². The maximum absolute atomic E-state index is 14.5. The predicted octanol–water partition coefficient (Wildman–Crippen LogP) is -3.58. The van der Waals surface area contributed by atoms with Gasteiger partial charge in [-0.05, 0) is 42.4 Å². The zero-order valence-corrected chi connectivity index (χ0v) is 40.6. The summed E-state index contributed by atoms with van der Waals surface area (Å²) in [6, 6.07) is -4.10. The molecule has 26 heteroatoms. The Balaban J connectivity index is 2.04. The first-order chi connectivity index (χ1) is 32.5. The predicted molar refractivity (Wildman–Crippen MR) is 252 cm³/mol. The molecule has 1 aromatic carbocycles. The molecule has 2 aliphatic heterocycles. The van der Waals surface area contributed by atoms with E-state index in [4.69, 9.17) is 17.2 Å². The van der Waals surface area contributed by atoms with E-state index in [2.05, 4.69) is 37.2 Å². The molecule has 11 amide bonds. The zero-order valence-electron chi connectivity index (χ0n) is 38.9. The minimum atomic E-state index is -1.78. The second-order valence-electron chi connectivity index (χ2n) is 17.3. The van der Waals surface area contributed by atoms with Crippen LogP contribution in [0.3, 0.4) is 0 Å². The second-order valence-corrected chi connectivity index (χ2v) is 20.0. The molecule has 0 aliphatic carbocycles. The van der Waals surface area contributed by atoms with Crippen LogP contribution in [0.1, 0.15) is 78.2 Å². The van der Waals surface area contributed by atoms with Crippen LogP contribution in [0.25, 0.3) is 0 Å². The smallest absolute Gasteiger partial charge is 0.246 e. The van der Waals surface area contributed by atoms with Crippen LogP contribution < -0.4 is 54.4 Å². The lowest BCUT2D eigenvalue weighted by molar-refractivity contribution is -0.142. The van der Waals surface area contributed by atoms with Crippen LogP contribution in [0, 0.1) is 11.8 Å². The quantitative estimate of drug-likeness (QED) is 0.0672. The number of phenols is 1. The summed E-state index contributed by atoms with van der Waals surface area (Å²) in [4.78, 5) is 147. The molecule has 9 atom stereocenters. The van der Waals surface area contributed by atoms with E-state index in [1.807, 2.05) is 0 Å². The highest BCUT2D eigenvalue weighted by Gasteiger charge is 2.43. The molecule has 3 rings (SSSR count). The van der Waals surface area contributed by atoms with Gasteiger partial charge in [-0.15, -0.1) is 0 Å². The Bertz CT molecular complexity index is 2050. The van der Waals surface area contributed by atoms with E-state index in [9.17, 15) is 63.0 Å². The van der Waals surface area contributed by atoms with E-state index >= 15 is 0 Å². The van der Waals surface area contributed by atoms with Crippen molar-refractivity contribution in [2.75, 3.05) is 24.6 Å². The Morgan fingerprint density at radius 3 is 2.06 bits per heavy atom. The van der Waals surface area contributed by atoms with Gasteiger partial charge in [0.05, 0.1) is 19.1 Å². The number of primary amides is 3. The summed E-state index contributed by atoms with van der Waals surface area (Å²) in [5.74, 6) is -10.4. The first-order valence-corrected chi connectivity index (χ1v) is 24.9. The Morgan fingerprint density at radius 2 is 1.45 bits per heavy atom. The molecule has 0 saturated carbocycles. The fourth-order valence-electron chi connectivity index (χ4n) is 7.33. The number of phenolic OH excluding ortho intramolecular Hbond substituents is 1. The molecule has 2 heterocycles. The van der Waals surface area contributed by atoms with Crippen LogP contribution in [0.4, 0.5) is 0 Å². The molecular formula is C43H65N11O13S2. The van der Waals surface area contributed by atoms with Crippen molar-refractivity contribution in [3.8, 4) is 5.75 Å². The standard InChI is InChI=1S/C43H65N11O13S2/c1-5-22(4)36-42(66)49-26(10-11-32(44)57)38(62)50-29(17-33(45)58)39(63)52-30(20-69-68-13-12-35(60)48-28(40(64)53-36)15-23-6-8-24(55)9-7-23)43(67)54-19-25(56)16-31(54)41(65)51-27(14-21(2)3)37(61)47-18-34(46)59/h6-9,21-22,25-31,36,55-56H,5,10-20H2,1-4H3,(H2,44,57)(H2,45,58)(H2,46,59)(H,47,61)(H,48,60)(H,49,66)(H,50,62)(H,51,65)(H,52,63)(H,53,64)/t22-,25-,26-,27-,28-,29-,30-,31-,36-/m0/s1. The number of nitrogens with zero attached hydrogens (tertiary/aromatic N) is 1. The molecule has 69 heavy (non-hydrogen) atoms. The van der Waals surface area contributed by atoms with Crippen molar-refractivity contribution in [2.24, 2.45) is 29.0 Å². The lowest BCUT2D eigenvalue weighted by atomic mass is 9.96. The van der Waals surface area contributed by atoms with E-state index in [0.717, 1.165) is 26.5 Å². The highest BCUT2D eigenvalue weighted by atomic mass is 33.1. The monoisotopic (exact) mass is 1010 g/mol. The summed E-state index contributed by atoms with van der Waals surface area (Å²) in [6.07, 6.45) is -2.91. The third kappa shape index (κ3) is 19.0. The van der Waals surface area contributed by atoms with Gasteiger partial charge in [0.2, 0.25) is 65.0 Å². The largest absolute Gasteiger partial charge is 0.508 e. The Hall–Kier alpha value is -6.15. The number of hydrogen-bond donors (Lipinski definition) is 12. The van der Waals surface area contributed by atoms with E-state index in [1.54, 1.807) is 39.8 Å². The summed E-state index contributed by atoms with van der Waals surface area (Å²) < 4.78 is 0. The molecule has 0 radical (unpaired) electrons. The normalized spacial score (nSPS) is 24.3. The zero-order chi connectivity index (χ0) is 51.5. The summed E-state index contributed by atoms with van der Waals surface area (Å²) >= 11 is 0. The first-order valence-electron chi connectivity index (χ1n) is 22.4. The molecule has 2 aliphatic rings. The van der Waals surface area contributed by atoms with Crippen molar-refractivity contribution in [3.05, 3.63) is 29.8 Å². The number of carbonyl (C=O) groups excluding carboxylic acids is 11. The molecule has 15 N–H and O–H groups in total. The van der Waals surface area contributed by atoms with Crippen LogP contribution in [0.2, 0.25) is 0 Å². The fourth-order valence-corrected chi connectivity index (χ4v) is 9.48. The molecule has 1 aromatic rings. The molecular weight excluding hydrogens is 943 g/mol. The van der Waals surface area contributed by atoms with Gasteiger partial charge in [-0.3, -0.25) is 52.7 Å². The third-order valence-corrected chi connectivity index (χ3v) is 13.6. The molecule has 382 valence electrons. The molecule has 0 unspecified atom stereocenters. The molecule has 0 spiro atoms. The molecule has 0 bridgehead atoms. The second kappa shape index (κ2) is 27.7. The summed E-state index contributed by atoms with van der Waals surface area (Å²) in [6.45, 7) is 6.08. The lowest BCUT2D eigenvalue weighted by Gasteiger charge is -2.31. The van der Waals surface area contributed by atoms with Gasteiger partial charge in [-0.25, -0.2) is 0 Å². The van der Waals surface area contributed by atoms with Crippen molar-refractivity contribution in [3.63, 3.8) is 0 Å². The minimum Gasteiger partial charge on any atom is -0.508 e. The number of nitrogens with one attached hydrogen (secondary N) is 7. The average molecular weight is 1010 g/mol. The van der Waals surface area contributed by atoms with Crippen molar-refractivity contribution >= 4 is 86.6 Å². The molecule has 2 fully saturated rings. The minimum absolute atomic E-state index is 0.0370. The summed E-state index contributed by atoms with van der Waals surface area (Å²) in [7, 11) is 2.13. The first kappa shape index (κ1) is 57.2. The van der Waals surface area contributed by atoms with Crippen LogP contribution >= 0.6 is 21.6 Å². The summed E-state index contributed by atoms with van der Waals surface area (Å²) in [5, 5.41) is 38.3. The lowest BCUT2D eigenvalue weighted by Crippen LogP contribution is -2.61. The molecule has 24 nitrogen and oxygen atoms in total. The van der Waals surface area contributed by atoms with Crippen LogP contribution in [0.15, 0.2) is 24.3 Å². The van der Waals surface area contributed by atoms with E-state index < -0.39 is 145 Å². The van der Waals surface area contributed by atoms with Gasteiger partial charge in [0, 0.05) is 43.7 Å². The number of benzene rings is 1. The average Bonchev–Trinajstić information content (AvgIpc) is 3.68. The number of rotatable bonds is 17. The van der Waals surface area contributed by atoms with Gasteiger partial charge in [-0.2, -0.15) is 0 Å². The number of aliphatic hydroxyl groups excluding tert-OH is 1. The topological polar surface area (TPSA) is 394 Å². The van der Waals surface area contributed by atoms with Gasteiger partial charge >= 0.3 is 0 Å². The van der Waals surface area contributed by atoms with Gasteiger partial charge < -0.3 is 69.5 Å². The highest BCUT2D eigenvalue weighted by molar-refractivity contribution is 8.76. The van der Waals surface area contributed by atoms with Gasteiger partial charge in [0.1, 0.15) is 48.0 Å². The van der Waals surface area contributed by atoms with Crippen LogP contribution in [-0.2, 0) is 59.2 Å². The number of nitrogens with two attached hydrogens (primary N) is 3. The van der Waals surface area contributed by atoms with Crippen molar-refractivity contribution in [1.29, 1.82) is 0 Å². The fraction of sp³-hybridized carbons (Fsp3) is 0.605. The number of hydrogen-bond acceptors (Lipinski definition) is 15. The van der Waals surface area contributed by atoms with Crippen molar-refractivity contribution in [1.82, 2.24) is 42.1 Å². The molecule has 0 aromatic heterocycles. The maximum atomic E-state index is 14.5. The molecule has 2 saturated heterocycles. The van der Waals surface area contributed by atoms with Crippen LogP contribution in [-0.4, -0.2) is 153 Å². The Kier molecular flexibility index (Phi) is 23.0.